The SMILES string of the molecule is CCCCCCCCCCCCCCCCCCCCB(O)O. The van der Waals surface area contributed by atoms with Crippen molar-refractivity contribution in [1.82, 2.24) is 0 Å². The van der Waals surface area contributed by atoms with E-state index in [4.69, 9.17) is 10.0 Å². The van der Waals surface area contributed by atoms with E-state index >= 15 is 0 Å². The van der Waals surface area contributed by atoms with Gasteiger partial charge in [-0.3, -0.25) is 0 Å². The van der Waals surface area contributed by atoms with Gasteiger partial charge in [0.1, 0.15) is 0 Å². The highest BCUT2D eigenvalue weighted by atomic mass is 16.4. The van der Waals surface area contributed by atoms with Crippen molar-refractivity contribution in [2.24, 2.45) is 0 Å². The van der Waals surface area contributed by atoms with Crippen molar-refractivity contribution in [2.45, 2.75) is 129 Å². The van der Waals surface area contributed by atoms with Crippen molar-refractivity contribution in [3.05, 3.63) is 0 Å². The molecule has 0 saturated heterocycles. The maximum Gasteiger partial charge on any atom is 0.451 e. The fraction of sp³-hybridized carbons (Fsp3) is 1.00. The zero-order valence-corrected chi connectivity index (χ0v) is 15.9. The highest BCUT2D eigenvalue weighted by molar-refractivity contribution is 6.40. The molecule has 23 heavy (non-hydrogen) atoms. The highest BCUT2D eigenvalue weighted by Crippen LogP contribution is 2.14. The monoisotopic (exact) mass is 326 g/mol. The fourth-order valence-electron chi connectivity index (χ4n) is 3.23. The van der Waals surface area contributed by atoms with E-state index in [2.05, 4.69) is 6.92 Å². The molecule has 0 aliphatic carbocycles. The second-order valence-electron chi connectivity index (χ2n) is 7.28. The number of hydrogen-bond donors (Lipinski definition) is 2. The molecule has 0 saturated carbocycles. The molecule has 0 heterocycles. The van der Waals surface area contributed by atoms with Gasteiger partial charge in [0.05, 0.1) is 0 Å². The summed E-state index contributed by atoms with van der Waals surface area (Å²) in [5.74, 6) is 0. The molecule has 3 heteroatoms. The van der Waals surface area contributed by atoms with Gasteiger partial charge < -0.3 is 10.0 Å². The predicted molar refractivity (Wildman–Crippen MR) is 104 cm³/mol. The summed E-state index contributed by atoms with van der Waals surface area (Å²) in [5.41, 5.74) is 0. The van der Waals surface area contributed by atoms with Crippen LogP contribution in [0.3, 0.4) is 0 Å². The molecule has 138 valence electrons. The maximum atomic E-state index is 8.74. The summed E-state index contributed by atoms with van der Waals surface area (Å²) in [4.78, 5) is 0. The van der Waals surface area contributed by atoms with E-state index < -0.39 is 7.12 Å². The molecule has 0 fully saturated rings. The topological polar surface area (TPSA) is 40.5 Å². The Balaban J connectivity index is 2.95. The molecule has 2 nitrogen and oxygen atoms in total. The van der Waals surface area contributed by atoms with Crippen molar-refractivity contribution in [1.29, 1.82) is 0 Å². The molecule has 0 aromatic heterocycles. The lowest BCUT2D eigenvalue weighted by atomic mass is 9.83. The van der Waals surface area contributed by atoms with Gasteiger partial charge in [0.15, 0.2) is 0 Å². The zero-order chi connectivity index (χ0) is 17.0. The van der Waals surface area contributed by atoms with Crippen LogP contribution in [0.1, 0.15) is 122 Å². The Kier molecular flexibility index (Phi) is 20.0. The van der Waals surface area contributed by atoms with Crippen LogP contribution >= 0.6 is 0 Å². The van der Waals surface area contributed by atoms with Crippen LogP contribution in [0.25, 0.3) is 0 Å². The summed E-state index contributed by atoms with van der Waals surface area (Å²) in [7, 11) is -1.10. The third kappa shape index (κ3) is 22.0. The summed E-state index contributed by atoms with van der Waals surface area (Å²) in [6.45, 7) is 2.28. The molecule has 0 radical (unpaired) electrons. The molecule has 0 aromatic rings. The summed E-state index contributed by atoms with van der Waals surface area (Å²) in [6, 6.07) is 0. The first-order valence-electron chi connectivity index (χ1n) is 10.6. The van der Waals surface area contributed by atoms with Gasteiger partial charge in [-0.25, -0.2) is 0 Å². The van der Waals surface area contributed by atoms with Crippen LogP contribution in [0.2, 0.25) is 6.32 Å². The first-order valence-corrected chi connectivity index (χ1v) is 10.6. The highest BCUT2D eigenvalue weighted by Gasteiger charge is 2.04. The summed E-state index contributed by atoms with van der Waals surface area (Å²) in [6.07, 6.45) is 25.2. The zero-order valence-electron chi connectivity index (χ0n) is 15.9. The summed E-state index contributed by atoms with van der Waals surface area (Å²) < 4.78 is 0. The molecule has 0 bridgehead atoms. The summed E-state index contributed by atoms with van der Waals surface area (Å²) >= 11 is 0. The van der Waals surface area contributed by atoms with E-state index in [1.807, 2.05) is 0 Å². The van der Waals surface area contributed by atoms with Crippen LogP contribution < -0.4 is 0 Å². The van der Waals surface area contributed by atoms with E-state index in [-0.39, 0.29) is 0 Å². The third-order valence-electron chi connectivity index (χ3n) is 4.82. The minimum absolute atomic E-state index is 0.540. The second-order valence-corrected chi connectivity index (χ2v) is 7.28. The van der Waals surface area contributed by atoms with Crippen LogP contribution in [0, 0.1) is 0 Å². The Hall–Kier alpha value is -0.0151. The number of rotatable bonds is 19. The van der Waals surface area contributed by atoms with E-state index in [9.17, 15) is 0 Å². The van der Waals surface area contributed by atoms with E-state index in [1.54, 1.807) is 0 Å². The lowest BCUT2D eigenvalue weighted by Gasteiger charge is -2.04. The minimum Gasteiger partial charge on any atom is -0.427 e. The van der Waals surface area contributed by atoms with Gasteiger partial charge in [-0.2, -0.15) is 0 Å². The molecular formula is C20H43BO2. The normalized spacial score (nSPS) is 11.1. The molecule has 0 aliphatic rings. The van der Waals surface area contributed by atoms with Crippen LogP contribution in [0.15, 0.2) is 0 Å². The lowest BCUT2D eigenvalue weighted by Crippen LogP contribution is -2.09. The molecular weight excluding hydrogens is 283 g/mol. The van der Waals surface area contributed by atoms with Gasteiger partial charge in [0.25, 0.3) is 0 Å². The van der Waals surface area contributed by atoms with Gasteiger partial charge in [-0.15, -0.1) is 0 Å². The van der Waals surface area contributed by atoms with Crippen molar-refractivity contribution in [3.63, 3.8) is 0 Å². The third-order valence-corrected chi connectivity index (χ3v) is 4.82. The Morgan fingerprint density at radius 3 is 0.957 bits per heavy atom. The maximum absolute atomic E-state index is 8.74. The van der Waals surface area contributed by atoms with Crippen molar-refractivity contribution >= 4 is 7.12 Å². The Morgan fingerprint density at radius 2 is 0.696 bits per heavy atom. The smallest absolute Gasteiger partial charge is 0.427 e. The van der Waals surface area contributed by atoms with Gasteiger partial charge in [-0.05, 0) is 6.32 Å². The van der Waals surface area contributed by atoms with Crippen LogP contribution in [-0.4, -0.2) is 17.2 Å². The molecule has 2 N–H and O–H groups in total. The summed E-state index contributed by atoms with van der Waals surface area (Å²) in [5, 5.41) is 17.5. The second kappa shape index (κ2) is 20.0. The quantitative estimate of drug-likeness (QED) is 0.210. The molecule has 0 atom stereocenters. The van der Waals surface area contributed by atoms with Crippen molar-refractivity contribution < 1.29 is 10.0 Å². The molecule has 0 aliphatic heterocycles. The number of unbranched alkanes of at least 4 members (excludes halogenated alkanes) is 17. The van der Waals surface area contributed by atoms with Gasteiger partial charge >= 0.3 is 7.12 Å². The van der Waals surface area contributed by atoms with E-state index in [0.29, 0.717) is 6.32 Å². The largest absolute Gasteiger partial charge is 0.451 e. The van der Waals surface area contributed by atoms with Crippen LogP contribution in [-0.2, 0) is 0 Å². The number of hydrogen-bond acceptors (Lipinski definition) is 2. The van der Waals surface area contributed by atoms with E-state index in [0.717, 1.165) is 12.8 Å². The molecule has 0 rings (SSSR count). The Labute approximate surface area is 146 Å². The minimum atomic E-state index is -1.10. The first kappa shape index (κ1) is 23.0. The predicted octanol–water partition coefficient (Wildman–Crippen LogP) is 6.50. The molecule has 0 aromatic carbocycles. The first-order chi connectivity index (χ1) is 11.3. The lowest BCUT2D eigenvalue weighted by molar-refractivity contribution is 0.401. The Bertz CT molecular complexity index is 210. The molecule has 0 amide bonds. The molecule has 0 spiro atoms. The molecule has 0 unspecified atom stereocenters. The fourth-order valence-corrected chi connectivity index (χ4v) is 3.23. The van der Waals surface area contributed by atoms with Crippen molar-refractivity contribution in [3.8, 4) is 0 Å². The Morgan fingerprint density at radius 1 is 0.435 bits per heavy atom. The van der Waals surface area contributed by atoms with Gasteiger partial charge in [-0.1, -0.05) is 122 Å². The average molecular weight is 326 g/mol. The van der Waals surface area contributed by atoms with Crippen LogP contribution in [0.5, 0.6) is 0 Å². The van der Waals surface area contributed by atoms with Crippen molar-refractivity contribution in [2.75, 3.05) is 0 Å². The van der Waals surface area contributed by atoms with Gasteiger partial charge in [0, 0.05) is 0 Å². The van der Waals surface area contributed by atoms with Crippen LogP contribution in [0.4, 0.5) is 0 Å². The van der Waals surface area contributed by atoms with Gasteiger partial charge in [0.2, 0.25) is 0 Å². The average Bonchev–Trinajstić information content (AvgIpc) is 2.53. The standard InChI is InChI=1S/C20H43BO2/c1-2-3-4-5-6-7-8-9-10-11-12-13-14-15-16-17-18-19-20-21(22)23/h22-23H,2-20H2,1H3. The van der Waals surface area contributed by atoms with E-state index in [1.165, 1.54) is 103 Å².